The van der Waals surface area contributed by atoms with E-state index < -0.39 is 0 Å². The number of anilines is 3. The van der Waals surface area contributed by atoms with Crippen molar-refractivity contribution in [2.45, 2.75) is 19.3 Å². The minimum Gasteiger partial charge on any atom is -0.341 e. The molecule has 0 saturated carbocycles. The zero-order chi connectivity index (χ0) is 18.3. The van der Waals surface area contributed by atoms with Crippen LogP contribution in [0.4, 0.5) is 17.8 Å². The second-order valence-electron chi connectivity index (χ2n) is 6.82. The average molecular weight is 366 g/mol. The van der Waals surface area contributed by atoms with Gasteiger partial charge in [-0.3, -0.25) is 0 Å². The number of hydrogen-bond donors (Lipinski definition) is 2. The number of hydrazone groups is 1. The van der Waals surface area contributed by atoms with Gasteiger partial charge in [0.25, 0.3) is 0 Å². The summed E-state index contributed by atoms with van der Waals surface area (Å²) in [5.41, 5.74) is 4.02. The van der Waals surface area contributed by atoms with Gasteiger partial charge in [0, 0.05) is 39.3 Å². The van der Waals surface area contributed by atoms with Crippen molar-refractivity contribution in [3.05, 3.63) is 35.9 Å². The molecule has 2 fully saturated rings. The SMILES string of the molecule is C(=N\Nc1nc(N2CCCCC2)nc(N2CCNCC2)n1)/c1ccccc1. The predicted octanol–water partition coefficient (Wildman–Crippen LogP) is 1.72. The molecule has 2 saturated heterocycles. The topological polar surface area (TPSA) is 81.6 Å². The first-order valence-corrected chi connectivity index (χ1v) is 9.69. The van der Waals surface area contributed by atoms with Gasteiger partial charge in [0.15, 0.2) is 0 Å². The van der Waals surface area contributed by atoms with Crippen LogP contribution in [0.3, 0.4) is 0 Å². The number of nitrogens with zero attached hydrogens (tertiary/aromatic N) is 6. The fraction of sp³-hybridized carbons (Fsp3) is 0.474. The van der Waals surface area contributed by atoms with Crippen LogP contribution in [0.15, 0.2) is 35.4 Å². The number of hydrogen-bond acceptors (Lipinski definition) is 8. The third-order valence-electron chi connectivity index (χ3n) is 4.83. The average Bonchev–Trinajstić information content (AvgIpc) is 2.76. The first-order valence-electron chi connectivity index (χ1n) is 9.69. The summed E-state index contributed by atoms with van der Waals surface area (Å²) in [6, 6.07) is 9.97. The maximum atomic E-state index is 4.76. The summed E-state index contributed by atoms with van der Waals surface area (Å²) in [6.07, 6.45) is 5.42. The van der Waals surface area contributed by atoms with Crippen molar-refractivity contribution in [3.8, 4) is 0 Å². The molecule has 0 aliphatic carbocycles. The van der Waals surface area contributed by atoms with Gasteiger partial charge in [0.2, 0.25) is 17.8 Å². The highest BCUT2D eigenvalue weighted by atomic mass is 15.4. The lowest BCUT2D eigenvalue weighted by molar-refractivity contribution is 0.561. The van der Waals surface area contributed by atoms with E-state index >= 15 is 0 Å². The molecule has 0 spiro atoms. The molecule has 1 aromatic heterocycles. The number of aromatic nitrogens is 3. The minimum atomic E-state index is 0.492. The van der Waals surface area contributed by atoms with E-state index in [-0.39, 0.29) is 0 Å². The molecule has 0 radical (unpaired) electrons. The molecule has 8 heteroatoms. The van der Waals surface area contributed by atoms with E-state index in [4.69, 9.17) is 4.98 Å². The lowest BCUT2D eigenvalue weighted by Gasteiger charge is -2.30. The van der Waals surface area contributed by atoms with Crippen molar-refractivity contribution in [2.24, 2.45) is 5.10 Å². The molecule has 2 aliphatic rings. The van der Waals surface area contributed by atoms with E-state index in [0.717, 1.165) is 56.7 Å². The highest BCUT2D eigenvalue weighted by Gasteiger charge is 2.20. The molecule has 27 heavy (non-hydrogen) atoms. The van der Waals surface area contributed by atoms with Gasteiger partial charge in [-0.2, -0.15) is 20.1 Å². The van der Waals surface area contributed by atoms with E-state index in [1.54, 1.807) is 6.21 Å². The molecule has 0 unspecified atom stereocenters. The van der Waals surface area contributed by atoms with Crippen molar-refractivity contribution in [2.75, 3.05) is 54.5 Å². The summed E-state index contributed by atoms with van der Waals surface area (Å²) in [6.45, 7) is 5.68. The van der Waals surface area contributed by atoms with Crippen LogP contribution in [0.1, 0.15) is 24.8 Å². The van der Waals surface area contributed by atoms with Crippen LogP contribution in [0, 0.1) is 0 Å². The Labute approximate surface area is 159 Å². The van der Waals surface area contributed by atoms with Gasteiger partial charge in [0.05, 0.1) is 6.21 Å². The molecule has 4 rings (SSSR count). The number of rotatable bonds is 5. The van der Waals surface area contributed by atoms with Crippen LogP contribution in [0.5, 0.6) is 0 Å². The maximum Gasteiger partial charge on any atom is 0.250 e. The van der Waals surface area contributed by atoms with Gasteiger partial charge < -0.3 is 15.1 Å². The molecule has 2 aromatic rings. The smallest absolute Gasteiger partial charge is 0.250 e. The summed E-state index contributed by atoms with van der Waals surface area (Å²) >= 11 is 0. The van der Waals surface area contributed by atoms with Crippen molar-refractivity contribution >= 4 is 24.1 Å². The first-order chi connectivity index (χ1) is 13.4. The van der Waals surface area contributed by atoms with Gasteiger partial charge in [-0.15, -0.1) is 0 Å². The lowest BCUT2D eigenvalue weighted by atomic mass is 10.1. The molecular formula is C19H26N8. The van der Waals surface area contributed by atoms with Gasteiger partial charge in [0.1, 0.15) is 0 Å². The molecule has 0 atom stereocenters. The lowest BCUT2D eigenvalue weighted by Crippen LogP contribution is -2.44. The third-order valence-corrected chi connectivity index (χ3v) is 4.83. The predicted molar refractivity (Wildman–Crippen MR) is 109 cm³/mol. The second-order valence-corrected chi connectivity index (χ2v) is 6.82. The van der Waals surface area contributed by atoms with E-state index in [1.807, 2.05) is 30.3 Å². The van der Waals surface area contributed by atoms with E-state index in [0.29, 0.717) is 5.95 Å². The molecule has 2 N–H and O–H groups in total. The Morgan fingerprint density at radius 1 is 0.852 bits per heavy atom. The highest BCUT2D eigenvalue weighted by Crippen LogP contribution is 2.20. The zero-order valence-corrected chi connectivity index (χ0v) is 15.5. The summed E-state index contributed by atoms with van der Waals surface area (Å²) in [5.74, 6) is 1.96. The van der Waals surface area contributed by atoms with Crippen LogP contribution >= 0.6 is 0 Å². The summed E-state index contributed by atoms with van der Waals surface area (Å²) < 4.78 is 0. The van der Waals surface area contributed by atoms with Crippen LogP contribution in [0.25, 0.3) is 0 Å². The zero-order valence-electron chi connectivity index (χ0n) is 15.5. The molecule has 8 nitrogen and oxygen atoms in total. The number of piperazine rings is 1. The van der Waals surface area contributed by atoms with Gasteiger partial charge in [-0.1, -0.05) is 30.3 Å². The molecule has 142 valence electrons. The molecule has 0 bridgehead atoms. The summed E-state index contributed by atoms with van der Waals surface area (Å²) in [5, 5.41) is 7.67. The quantitative estimate of drug-likeness (QED) is 0.616. The van der Waals surface area contributed by atoms with Crippen molar-refractivity contribution < 1.29 is 0 Å². The van der Waals surface area contributed by atoms with Crippen LogP contribution in [0.2, 0.25) is 0 Å². The normalized spacial score (nSPS) is 18.1. The highest BCUT2D eigenvalue weighted by molar-refractivity contribution is 5.79. The van der Waals surface area contributed by atoms with Crippen molar-refractivity contribution in [3.63, 3.8) is 0 Å². The summed E-state index contributed by atoms with van der Waals surface area (Å²) in [4.78, 5) is 18.4. The number of benzene rings is 1. The fourth-order valence-corrected chi connectivity index (χ4v) is 3.35. The molecule has 3 heterocycles. The van der Waals surface area contributed by atoms with Crippen LogP contribution in [-0.4, -0.2) is 60.4 Å². The van der Waals surface area contributed by atoms with Crippen LogP contribution < -0.4 is 20.5 Å². The second kappa shape index (κ2) is 8.77. The Morgan fingerprint density at radius 3 is 2.22 bits per heavy atom. The van der Waals surface area contributed by atoms with Crippen molar-refractivity contribution in [1.29, 1.82) is 0 Å². The van der Waals surface area contributed by atoms with Gasteiger partial charge >= 0.3 is 0 Å². The van der Waals surface area contributed by atoms with Gasteiger partial charge in [-0.05, 0) is 24.8 Å². The summed E-state index contributed by atoms with van der Waals surface area (Å²) in [7, 11) is 0. The molecular weight excluding hydrogens is 340 g/mol. The maximum absolute atomic E-state index is 4.76. The minimum absolute atomic E-state index is 0.492. The number of piperidine rings is 1. The van der Waals surface area contributed by atoms with E-state index in [1.165, 1.54) is 19.3 Å². The van der Waals surface area contributed by atoms with E-state index in [2.05, 4.69) is 35.6 Å². The Balaban J connectivity index is 1.55. The van der Waals surface area contributed by atoms with Crippen molar-refractivity contribution in [1.82, 2.24) is 20.3 Å². The number of nitrogens with one attached hydrogen (secondary N) is 2. The monoisotopic (exact) mass is 366 g/mol. The van der Waals surface area contributed by atoms with E-state index in [9.17, 15) is 0 Å². The largest absolute Gasteiger partial charge is 0.341 e. The standard InChI is InChI=1S/C19H26N8/c1-3-7-16(8-4-1)15-21-25-17-22-18(26-11-5-2-6-12-26)24-19(23-17)27-13-9-20-10-14-27/h1,3-4,7-8,15,20H,2,5-6,9-14H2,(H,22,23,24,25)/b21-15+. The molecule has 2 aliphatic heterocycles. The molecule has 1 aromatic carbocycles. The van der Waals surface area contributed by atoms with Gasteiger partial charge in [-0.25, -0.2) is 5.43 Å². The van der Waals surface area contributed by atoms with Crippen LogP contribution in [-0.2, 0) is 0 Å². The Bertz CT molecular complexity index is 715. The molecule has 0 amide bonds. The third kappa shape index (κ3) is 4.71. The Morgan fingerprint density at radius 2 is 1.52 bits per heavy atom. The fourth-order valence-electron chi connectivity index (χ4n) is 3.35. The first kappa shape index (κ1) is 17.7. The Kier molecular flexibility index (Phi) is 5.73. The Hall–Kier alpha value is -2.74.